The van der Waals surface area contributed by atoms with Crippen LogP contribution in [0.4, 0.5) is 0 Å². The molecule has 1 atom stereocenters. The molecule has 0 heterocycles. The highest BCUT2D eigenvalue weighted by Gasteiger charge is 2.20. The van der Waals surface area contributed by atoms with Crippen molar-refractivity contribution in [3.05, 3.63) is 70.8 Å². The number of benzene rings is 3. The molecule has 0 unspecified atom stereocenters. The van der Waals surface area contributed by atoms with Crippen molar-refractivity contribution < 1.29 is 13.2 Å². The zero-order valence-corrected chi connectivity index (χ0v) is 17.1. The van der Waals surface area contributed by atoms with E-state index in [9.17, 15) is 8.42 Å². The summed E-state index contributed by atoms with van der Waals surface area (Å²) < 4.78 is 33.9. The predicted molar refractivity (Wildman–Crippen MR) is 110 cm³/mol. The fraction of sp³-hybridized carbons (Fsp3) is 0.273. The lowest BCUT2D eigenvalue weighted by molar-refractivity contribution is 0.415. The van der Waals surface area contributed by atoms with Gasteiger partial charge in [-0.25, -0.2) is 13.1 Å². The van der Waals surface area contributed by atoms with Crippen LogP contribution in [0.15, 0.2) is 53.4 Å². The van der Waals surface area contributed by atoms with Crippen molar-refractivity contribution in [2.45, 2.75) is 38.6 Å². The zero-order valence-electron chi connectivity index (χ0n) is 16.3. The summed E-state index contributed by atoms with van der Waals surface area (Å²) in [6, 6.07) is 14.5. The second-order valence-electron chi connectivity index (χ2n) is 7.01. The van der Waals surface area contributed by atoms with Gasteiger partial charge in [-0.05, 0) is 85.0 Å². The number of rotatable bonds is 5. The highest BCUT2D eigenvalue weighted by molar-refractivity contribution is 7.89. The summed E-state index contributed by atoms with van der Waals surface area (Å²) in [5.41, 5.74) is 4.43. The average molecular weight is 384 g/mol. The van der Waals surface area contributed by atoms with Crippen molar-refractivity contribution in [2.24, 2.45) is 0 Å². The highest BCUT2D eigenvalue weighted by Crippen LogP contribution is 2.26. The van der Waals surface area contributed by atoms with E-state index in [-0.39, 0.29) is 10.9 Å². The maximum atomic E-state index is 12.9. The summed E-state index contributed by atoms with van der Waals surface area (Å²) in [6.45, 7) is 7.98. The summed E-state index contributed by atoms with van der Waals surface area (Å²) in [6.07, 6.45) is 0. The van der Waals surface area contributed by atoms with Gasteiger partial charge in [-0.2, -0.15) is 0 Å². The number of ether oxygens (including phenoxy) is 1. The molecule has 0 aromatic heterocycles. The van der Waals surface area contributed by atoms with Crippen LogP contribution < -0.4 is 9.46 Å². The van der Waals surface area contributed by atoms with E-state index in [0.717, 1.165) is 33.2 Å². The van der Waals surface area contributed by atoms with Crippen molar-refractivity contribution in [1.29, 1.82) is 0 Å². The van der Waals surface area contributed by atoms with Crippen LogP contribution in [0.5, 0.6) is 5.75 Å². The lowest BCUT2D eigenvalue weighted by atomic mass is 9.97. The minimum Gasteiger partial charge on any atom is -0.497 e. The number of hydrogen-bond donors (Lipinski definition) is 1. The molecule has 0 radical (unpaired) electrons. The van der Waals surface area contributed by atoms with E-state index in [4.69, 9.17) is 4.74 Å². The van der Waals surface area contributed by atoms with E-state index >= 15 is 0 Å². The molecule has 4 nitrogen and oxygen atoms in total. The summed E-state index contributed by atoms with van der Waals surface area (Å²) >= 11 is 0. The first-order valence-corrected chi connectivity index (χ1v) is 10.4. The van der Waals surface area contributed by atoms with Crippen molar-refractivity contribution >= 4 is 20.8 Å². The van der Waals surface area contributed by atoms with E-state index in [1.807, 2.05) is 39.0 Å². The van der Waals surface area contributed by atoms with E-state index in [2.05, 4.69) is 23.8 Å². The molecular weight excluding hydrogens is 358 g/mol. The Morgan fingerprint density at radius 3 is 2.19 bits per heavy atom. The van der Waals surface area contributed by atoms with Gasteiger partial charge < -0.3 is 4.74 Å². The molecule has 0 saturated heterocycles. The van der Waals surface area contributed by atoms with E-state index in [1.54, 1.807) is 25.3 Å². The van der Waals surface area contributed by atoms with Gasteiger partial charge in [-0.3, -0.25) is 0 Å². The van der Waals surface area contributed by atoms with Gasteiger partial charge >= 0.3 is 0 Å². The number of fused-ring (bicyclic) bond motifs is 1. The third-order valence-corrected chi connectivity index (χ3v) is 6.55. The Bertz CT molecular complexity index is 1100. The number of methoxy groups -OCH3 is 1. The molecule has 3 rings (SSSR count). The number of sulfonamides is 1. The summed E-state index contributed by atoms with van der Waals surface area (Å²) in [4.78, 5) is 0.258. The van der Waals surface area contributed by atoms with Crippen LogP contribution in [-0.4, -0.2) is 15.5 Å². The van der Waals surface area contributed by atoms with Crippen LogP contribution in [0.1, 0.15) is 35.2 Å². The minimum absolute atomic E-state index is 0.258. The van der Waals surface area contributed by atoms with Crippen LogP contribution in [0.25, 0.3) is 10.8 Å². The third-order valence-electron chi connectivity index (χ3n) is 5.01. The van der Waals surface area contributed by atoms with Crippen LogP contribution >= 0.6 is 0 Å². The first kappa shape index (κ1) is 19.4. The van der Waals surface area contributed by atoms with E-state index in [0.29, 0.717) is 0 Å². The monoisotopic (exact) mass is 383 g/mol. The Labute approximate surface area is 161 Å². The Morgan fingerprint density at radius 1 is 0.852 bits per heavy atom. The molecule has 27 heavy (non-hydrogen) atoms. The molecule has 0 amide bonds. The van der Waals surface area contributed by atoms with Gasteiger partial charge in [-0.15, -0.1) is 0 Å². The molecule has 0 fully saturated rings. The maximum Gasteiger partial charge on any atom is 0.241 e. The van der Waals surface area contributed by atoms with Gasteiger partial charge in [0.2, 0.25) is 10.0 Å². The minimum atomic E-state index is -3.64. The number of aryl methyl sites for hydroxylation is 3. The molecule has 3 aromatic rings. The molecule has 142 valence electrons. The van der Waals surface area contributed by atoms with Gasteiger partial charge in [0, 0.05) is 6.04 Å². The number of nitrogens with one attached hydrogen (secondary N) is 1. The lowest BCUT2D eigenvalue weighted by Crippen LogP contribution is -2.27. The van der Waals surface area contributed by atoms with Gasteiger partial charge in [0.05, 0.1) is 12.0 Å². The molecule has 0 aliphatic rings. The van der Waals surface area contributed by atoms with Crippen LogP contribution in [-0.2, 0) is 10.0 Å². The fourth-order valence-corrected chi connectivity index (χ4v) is 4.57. The normalized spacial score (nSPS) is 12.9. The quantitative estimate of drug-likeness (QED) is 0.688. The molecule has 0 spiro atoms. The zero-order chi connectivity index (χ0) is 19.8. The van der Waals surface area contributed by atoms with Crippen LogP contribution in [0, 0.1) is 20.8 Å². The summed E-state index contributed by atoms with van der Waals surface area (Å²) in [7, 11) is -2.02. The predicted octanol–water partition coefficient (Wildman–Crippen LogP) is 4.81. The smallest absolute Gasteiger partial charge is 0.241 e. The van der Waals surface area contributed by atoms with Crippen molar-refractivity contribution in [2.75, 3.05) is 7.11 Å². The second kappa shape index (κ2) is 7.33. The van der Waals surface area contributed by atoms with Gasteiger partial charge in [0.15, 0.2) is 0 Å². The lowest BCUT2D eigenvalue weighted by Gasteiger charge is -2.19. The average Bonchev–Trinajstić information content (AvgIpc) is 2.63. The van der Waals surface area contributed by atoms with Crippen LogP contribution in [0.3, 0.4) is 0 Å². The van der Waals surface area contributed by atoms with E-state index < -0.39 is 10.0 Å². The van der Waals surface area contributed by atoms with Crippen LogP contribution in [0.2, 0.25) is 0 Å². The SMILES string of the molecule is COc1ccc2cc(S(=O)(=O)N[C@@H](C)c3cc(C)c(C)cc3C)ccc2c1. The Morgan fingerprint density at radius 2 is 1.48 bits per heavy atom. The first-order chi connectivity index (χ1) is 12.7. The summed E-state index contributed by atoms with van der Waals surface area (Å²) in [5, 5.41) is 1.79. The maximum absolute atomic E-state index is 12.9. The second-order valence-corrected chi connectivity index (χ2v) is 8.72. The Kier molecular flexibility index (Phi) is 5.27. The van der Waals surface area contributed by atoms with Crippen molar-refractivity contribution in [1.82, 2.24) is 4.72 Å². The third kappa shape index (κ3) is 3.99. The number of hydrogen-bond acceptors (Lipinski definition) is 3. The highest BCUT2D eigenvalue weighted by atomic mass is 32.2. The van der Waals surface area contributed by atoms with Gasteiger partial charge in [0.1, 0.15) is 5.75 Å². The first-order valence-electron chi connectivity index (χ1n) is 8.89. The largest absolute Gasteiger partial charge is 0.497 e. The molecule has 3 aromatic carbocycles. The standard InChI is InChI=1S/C22H25NO3S/c1-14-10-16(3)22(11-15(14)2)17(4)23-27(24,25)21-9-7-18-12-20(26-5)8-6-19(18)13-21/h6-13,17,23H,1-5H3/t17-/m0/s1. The van der Waals surface area contributed by atoms with Crippen molar-refractivity contribution in [3.8, 4) is 5.75 Å². The topological polar surface area (TPSA) is 55.4 Å². The van der Waals surface area contributed by atoms with Gasteiger partial charge in [-0.1, -0.05) is 24.3 Å². The molecule has 0 aliphatic heterocycles. The fourth-order valence-electron chi connectivity index (χ4n) is 3.31. The van der Waals surface area contributed by atoms with Gasteiger partial charge in [0.25, 0.3) is 0 Å². The molecule has 1 N–H and O–H groups in total. The Hall–Kier alpha value is -2.37. The molecule has 0 saturated carbocycles. The van der Waals surface area contributed by atoms with Crippen molar-refractivity contribution in [3.63, 3.8) is 0 Å². The van der Waals surface area contributed by atoms with E-state index in [1.165, 1.54) is 5.56 Å². The molecule has 0 bridgehead atoms. The molecule has 5 heteroatoms. The molecular formula is C22H25NO3S. The summed E-state index contributed by atoms with van der Waals surface area (Å²) in [5.74, 6) is 0.745. The molecule has 0 aliphatic carbocycles. The Balaban J connectivity index is 1.92.